The monoisotopic (exact) mass is 353 g/mol. The largest absolute Gasteiger partial charge is 0.355 e. The molecular formula is C18H25F2N3O2. The molecule has 0 radical (unpaired) electrons. The molecule has 1 aromatic rings. The molecule has 1 saturated heterocycles. The van der Waals surface area contributed by atoms with Crippen LogP contribution in [-0.2, 0) is 16.0 Å². The molecule has 25 heavy (non-hydrogen) atoms. The maximum absolute atomic E-state index is 13.2. The van der Waals surface area contributed by atoms with Crippen LogP contribution in [0, 0.1) is 17.6 Å². The zero-order valence-corrected chi connectivity index (χ0v) is 14.3. The highest BCUT2D eigenvalue weighted by Gasteiger charge is 2.27. The van der Waals surface area contributed by atoms with E-state index in [2.05, 4.69) is 5.32 Å². The Morgan fingerprint density at radius 3 is 2.80 bits per heavy atom. The first-order valence-electron chi connectivity index (χ1n) is 8.70. The molecule has 1 unspecified atom stereocenters. The summed E-state index contributed by atoms with van der Waals surface area (Å²) in [5.41, 5.74) is 6.05. The number of halogens is 2. The summed E-state index contributed by atoms with van der Waals surface area (Å²) < 4.78 is 26.1. The molecule has 0 saturated carbocycles. The number of nitrogens with zero attached hydrogens (tertiary/aromatic N) is 1. The normalized spacial score (nSPS) is 17.4. The SMILES string of the molecule is NCCNC(=O)C1CCCN(C(=O)CCCc2ccc(F)c(F)c2)C1. The summed E-state index contributed by atoms with van der Waals surface area (Å²) in [5.74, 6) is -1.97. The summed E-state index contributed by atoms with van der Waals surface area (Å²) in [6.45, 7) is 1.92. The predicted octanol–water partition coefficient (Wildman–Crippen LogP) is 1.60. The smallest absolute Gasteiger partial charge is 0.224 e. The summed E-state index contributed by atoms with van der Waals surface area (Å²) >= 11 is 0. The first-order valence-corrected chi connectivity index (χ1v) is 8.70. The van der Waals surface area contributed by atoms with Gasteiger partial charge in [0.05, 0.1) is 5.92 Å². The van der Waals surface area contributed by atoms with E-state index in [9.17, 15) is 18.4 Å². The molecule has 2 rings (SSSR count). The molecular weight excluding hydrogens is 328 g/mol. The van der Waals surface area contributed by atoms with E-state index in [0.717, 1.165) is 18.9 Å². The highest BCUT2D eigenvalue weighted by Crippen LogP contribution is 2.18. The molecule has 0 aliphatic carbocycles. The minimum Gasteiger partial charge on any atom is -0.355 e. The second-order valence-corrected chi connectivity index (χ2v) is 6.36. The van der Waals surface area contributed by atoms with E-state index in [1.54, 1.807) is 4.90 Å². The minimum absolute atomic E-state index is 0.00101. The van der Waals surface area contributed by atoms with Crippen LogP contribution in [-0.4, -0.2) is 42.9 Å². The lowest BCUT2D eigenvalue weighted by Gasteiger charge is -2.32. The van der Waals surface area contributed by atoms with E-state index >= 15 is 0 Å². The highest BCUT2D eigenvalue weighted by atomic mass is 19.2. The number of nitrogens with one attached hydrogen (secondary N) is 1. The van der Waals surface area contributed by atoms with E-state index in [1.807, 2.05) is 0 Å². The van der Waals surface area contributed by atoms with Crippen molar-refractivity contribution in [3.8, 4) is 0 Å². The van der Waals surface area contributed by atoms with Crippen molar-refractivity contribution >= 4 is 11.8 Å². The third-order valence-corrected chi connectivity index (χ3v) is 4.43. The van der Waals surface area contributed by atoms with E-state index in [4.69, 9.17) is 5.73 Å². The molecule has 7 heteroatoms. The number of hydrogen-bond donors (Lipinski definition) is 2. The molecule has 3 N–H and O–H groups in total. The quantitative estimate of drug-likeness (QED) is 0.782. The van der Waals surface area contributed by atoms with Gasteiger partial charge in [0.1, 0.15) is 0 Å². The lowest BCUT2D eigenvalue weighted by molar-refractivity contribution is -0.135. The highest BCUT2D eigenvalue weighted by molar-refractivity contribution is 5.81. The number of nitrogens with two attached hydrogens (primary N) is 1. The first kappa shape index (κ1) is 19.3. The fourth-order valence-electron chi connectivity index (χ4n) is 3.05. The molecule has 1 atom stereocenters. The zero-order chi connectivity index (χ0) is 18.2. The molecule has 138 valence electrons. The molecule has 2 amide bonds. The van der Waals surface area contributed by atoms with E-state index in [1.165, 1.54) is 12.1 Å². The van der Waals surface area contributed by atoms with Gasteiger partial charge in [0.25, 0.3) is 0 Å². The number of amides is 2. The Morgan fingerprint density at radius 1 is 1.28 bits per heavy atom. The lowest BCUT2D eigenvalue weighted by Crippen LogP contribution is -2.46. The van der Waals surface area contributed by atoms with Crippen molar-refractivity contribution < 1.29 is 18.4 Å². The molecule has 0 bridgehead atoms. The topological polar surface area (TPSA) is 75.4 Å². The maximum atomic E-state index is 13.2. The van der Waals surface area contributed by atoms with E-state index in [-0.39, 0.29) is 17.7 Å². The zero-order valence-electron chi connectivity index (χ0n) is 14.3. The molecule has 1 aromatic carbocycles. The molecule has 1 aliphatic rings. The van der Waals surface area contributed by atoms with Gasteiger partial charge in [-0.05, 0) is 43.4 Å². The van der Waals surface area contributed by atoms with Crippen LogP contribution in [0.1, 0.15) is 31.2 Å². The Bertz CT molecular complexity index is 610. The van der Waals surface area contributed by atoms with Gasteiger partial charge in [-0.2, -0.15) is 0 Å². The van der Waals surface area contributed by atoms with Gasteiger partial charge in [-0.25, -0.2) is 8.78 Å². The number of piperidine rings is 1. The summed E-state index contributed by atoms with van der Waals surface area (Å²) in [5, 5.41) is 2.77. The predicted molar refractivity (Wildman–Crippen MR) is 90.7 cm³/mol. The number of rotatable bonds is 7. The molecule has 0 spiro atoms. The van der Waals surface area contributed by atoms with Gasteiger partial charge in [-0.1, -0.05) is 6.07 Å². The van der Waals surface area contributed by atoms with E-state index in [0.29, 0.717) is 51.0 Å². The Balaban J connectivity index is 1.77. The van der Waals surface area contributed by atoms with Crippen molar-refractivity contribution in [2.24, 2.45) is 11.7 Å². The van der Waals surface area contributed by atoms with Gasteiger partial charge in [0.2, 0.25) is 11.8 Å². The number of carbonyl (C=O) groups excluding carboxylic acids is 2. The maximum Gasteiger partial charge on any atom is 0.224 e. The third-order valence-electron chi connectivity index (χ3n) is 4.43. The third kappa shape index (κ3) is 5.77. The summed E-state index contributed by atoms with van der Waals surface area (Å²) in [4.78, 5) is 26.1. The van der Waals surface area contributed by atoms with Crippen molar-refractivity contribution in [1.82, 2.24) is 10.2 Å². The summed E-state index contributed by atoms with van der Waals surface area (Å²) in [7, 11) is 0. The van der Waals surface area contributed by atoms with Gasteiger partial charge < -0.3 is 16.0 Å². The molecule has 1 aliphatic heterocycles. The fraction of sp³-hybridized carbons (Fsp3) is 0.556. The van der Waals surface area contributed by atoms with Crippen LogP contribution in [0.2, 0.25) is 0 Å². The van der Waals surface area contributed by atoms with E-state index < -0.39 is 11.6 Å². The average Bonchev–Trinajstić information content (AvgIpc) is 2.62. The minimum atomic E-state index is -0.869. The van der Waals surface area contributed by atoms with Gasteiger partial charge in [-0.15, -0.1) is 0 Å². The first-order chi connectivity index (χ1) is 12.0. The fourth-order valence-corrected chi connectivity index (χ4v) is 3.05. The van der Waals surface area contributed by atoms with Crippen LogP contribution in [0.3, 0.4) is 0 Å². The number of hydrogen-bond acceptors (Lipinski definition) is 3. The number of benzene rings is 1. The van der Waals surface area contributed by atoms with Gasteiger partial charge in [0.15, 0.2) is 11.6 Å². The molecule has 1 fully saturated rings. The average molecular weight is 353 g/mol. The van der Waals surface area contributed by atoms with Crippen LogP contribution in [0.5, 0.6) is 0 Å². The van der Waals surface area contributed by atoms with Crippen LogP contribution in [0.4, 0.5) is 8.78 Å². The van der Waals surface area contributed by atoms with Crippen LogP contribution >= 0.6 is 0 Å². The van der Waals surface area contributed by atoms with Crippen LogP contribution in [0.15, 0.2) is 18.2 Å². The second kappa shape index (κ2) is 9.46. The van der Waals surface area contributed by atoms with Gasteiger partial charge >= 0.3 is 0 Å². The van der Waals surface area contributed by atoms with Crippen molar-refractivity contribution in [1.29, 1.82) is 0 Å². The Morgan fingerprint density at radius 2 is 2.08 bits per heavy atom. The molecule has 5 nitrogen and oxygen atoms in total. The summed E-state index contributed by atoms with van der Waals surface area (Å²) in [6.07, 6.45) is 2.97. The standard InChI is InChI=1S/C18H25F2N3O2/c19-15-7-6-13(11-16(15)20)3-1-5-17(24)23-10-2-4-14(12-23)18(25)22-9-8-21/h6-7,11,14H,1-5,8-10,12,21H2,(H,22,25). The Hall–Kier alpha value is -2.02. The van der Waals surface area contributed by atoms with Crippen LogP contribution < -0.4 is 11.1 Å². The molecule has 0 aromatic heterocycles. The number of aryl methyl sites for hydroxylation is 1. The molecule has 1 heterocycles. The lowest BCUT2D eigenvalue weighted by atomic mass is 9.96. The second-order valence-electron chi connectivity index (χ2n) is 6.36. The van der Waals surface area contributed by atoms with Crippen molar-refractivity contribution in [2.75, 3.05) is 26.2 Å². The Labute approximate surface area is 146 Å². The van der Waals surface area contributed by atoms with Crippen molar-refractivity contribution in [2.45, 2.75) is 32.1 Å². The van der Waals surface area contributed by atoms with Crippen LogP contribution in [0.25, 0.3) is 0 Å². The number of carbonyl (C=O) groups is 2. The van der Waals surface area contributed by atoms with Crippen molar-refractivity contribution in [3.63, 3.8) is 0 Å². The van der Waals surface area contributed by atoms with Gasteiger partial charge in [-0.3, -0.25) is 9.59 Å². The van der Waals surface area contributed by atoms with Gasteiger partial charge in [0, 0.05) is 32.6 Å². The van der Waals surface area contributed by atoms with Crippen molar-refractivity contribution in [3.05, 3.63) is 35.4 Å². The Kier molecular flexibility index (Phi) is 7.31. The summed E-state index contributed by atoms with van der Waals surface area (Å²) in [6, 6.07) is 3.79. The number of likely N-dealkylation sites (tertiary alicyclic amines) is 1.